The first-order valence-electron chi connectivity index (χ1n) is 7.18. The van der Waals surface area contributed by atoms with Gasteiger partial charge < -0.3 is 19.9 Å². The minimum absolute atomic E-state index is 0.136. The van der Waals surface area contributed by atoms with Crippen molar-refractivity contribution in [2.45, 2.75) is 32.7 Å². The summed E-state index contributed by atoms with van der Waals surface area (Å²) >= 11 is 0. The van der Waals surface area contributed by atoms with E-state index in [1.807, 2.05) is 13.0 Å². The highest BCUT2D eigenvalue weighted by atomic mass is 16.5. The van der Waals surface area contributed by atoms with Gasteiger partial charge in [-0.3, -0.25) is 0 Å². The molecule has 0 saturated heterocycles. The summed E-state index contributed by atoms with van der Waals surface area (Å²) in [6.07, 6.45) is 1.70. The summed E-state index contributed by atoms with van der Waals surface area (Å²) in [6.45, 7) is 6.71. The van der Waals surface area contributed by atoms with Crippen LogP contribution >= 0.6 is 0 Å². The molecule has 0 spiro atoms. The second-order valence-corrected chi connectivity index (χ2v) is 5.10. The molecule has 0 aliphatic heterocycles. The maximum absolute atomic E-state index is 5.88. The largest absolute Gasteiger partial charge is 0.493 e. The lowest BCUT2D eigenvalue weighted by Crippen LogP contribution is -2.18. The minimum atomic E-state index is 0.136. The van der Waals surface area contributed by atoms with Crippen LogP contribution in [0.15, 0.2) is 18.2 Å². The highest BCUT2D eigenvalue weighted by Gasteiger charge is 2.06. The van der Waals surface area contributed by atoms with Crippen LogP contribution < -0.4 is 10.5 Å². The zero-order chi connectivity index (χ0) is 14.8. The summed E-state index contributed by atoms with van der Waals surface area (Å²) in [6, 6.07) is 6.37. The van der Waals surface area contributed by atoms with Crippen molar-refractivity contribution in [1.29, 1.82) is 0 Å². The molecule has 1 rings (SSSR count). The van der Waals surface area contributed by atoms with E-state index in [4.69, 9.17) is 19.9 Å². The van der Waals surface area contributed by atoms with Crippen molar-refractivity contribution in [2.75, 3.05) is 33.5 Å². The fourth-order valence-electron chi connectivity index (χ4n) is 1.94. The van der Waals surface area contributed by atoms with Crippen LogP contribution in [0.25, 0.3) is 0 Å². The average Bonchev–Trinajstić information content (AvgIpc) is 2.39. The van der Waals surface area contributed by atoms with Gasteiger partial charge in [-0.1, -0.05) is 17.7 Å². The van der Waals surface area contributed by atoms with E-state index in [0.717, 1.165) is 18.6 Å². The topological polar surface area (TPSA) is 53.7 Å². The SMILES string of the molecule is COCCOCCCOc1ccc(C)cc1CC(C)N. The Morgan fingerprint density at radius 1 is 1.15 bits per heavy atom. The van der Waals surface area contributed by atoms with E-state index in [1.54, 1.807) is 7.11 Å². The first-order valence-corrected chi connectivity index (χ1v) is 7.18. The fourth-order valence-corrected chi connectivity index (χ4v) is 1.94. The third-order valence-corrected chi connectivity index (χ3v) is 2.88. The Morgan fingerprint density at radius 3 is 2.65 bits per heavy atom. The Balaban J connectivity index is 2.35. The number of rotatable bonds is 10. The molecule has 2 N–H and O–H groups in total. The zero-order valence-electron chi connectivity index (χ0n) is 12.9. The normalized spacial score (nSPS) is 12.4. The molecule has 1 atom stereocenters. The molecule has 4 heteroatoms. The Hall–Kier alpha value is -1.10. The van der Waals surface area contributed by atoms with E-state index in [9.17, 15) is 0 Å². The highest BCUT2D eigenvalue weighted by molar-refractivity contribution is 5.37. The smallest absolute Gasteiger partial charge is 0.122 e. The van der Waals surface area contributed by atoms with Crippen LogP contribution in [-0.2, 0) is 15.9 Å². The van der Waals surface area contributed by atoms with E-state index < -0.39 is 0 Å². The lowest BCUT2D eigenvalue weighted by molar-refractivity contribution is 0.0644. The first-order chi connectivity index (χ1) is 9.63. The number of ether oxygens (including phenoxy) is 3. The van der Waals surface area contributed by atoms with Crippen LogP contribution in [0.1, 0.15) is 24.5 Å². The number of nitrogens with two attached hydrogens (primary N) is 1. The highest BCUT2D eigenvalue weighted by Crippen LogP contribution is 2.21. The lowest BCUT2D eigenvalue weighted by atomic mass is 10.0. The van der Waals surface area contributed by atoms with Gasteiger partial charge in [0.25, 0.3) is 0 Å². The predicted molar refractivity (Wildman–Crippen MR) is 81.3 cm³/mol. The Bertz CT molecular complexity index is 380. The summed E-state index contributed by atoms with van der Waals surface area (Å²) in [5.41, 5.74) is 8.29. The number of hydrogen-bond donors (Lipinski definition) is 1. The summed E-state index contributed by atoms with van der Waals surface area (Å²) in [5.74, 6) is 0.935. The van der Waals surface area contributed by atoms with Crippen LogP contribution in [0.4, 0.5) is 0 Å². The monoisotopic (exact) mass is 281 g/mol. The first kappa shape index (κ1) is 17.0. The molecule has 0 aliphatic rings. The van der Waals surface area contributed by atoms with E-state index >= 15 is 0 Å². The Labute approximate surface area is 122 Å². The second-order valence-electron chi connectivity index (χ2n) is 5.10. The number of hydrogen-bond acceptors (Lipinski definition) is 4. The van der Waals surface area contributed by atoms with Gasteiger partial charge in [-0.05, 0) is 31.9 Å². The molecule has 0 radical (unpaired) electrons. The van der Waals surface area contributed by atoms with Gasteiger partial charge >= 0.3 is 0 Å². The summed E-state index contributed by atoms with van der Waals surface area (Å²) in [7, 11) is 1.67. The van der Waals surface area contributed by atoms with Crippen molar-refractivity contribution < 1.29 is 14.2 Å². The molecule has 0 bridgehead atoms. The van der Waals surface area contributed by atoms with Gasteiger partial charge in [-0.2, -0.15) is 0 Å². The molecule has 1 aromatic rings. The zero-order valence-corrected chi connectivity index (χ0v) is 12.9. The van der Waals surface area contributed by atoms with Crippen LogP contribution in [0, 0.1) is 6.92 Å². The second kappa shape index (κ2) is 9.75. The van der Waals surface area contributed by atoms with Crippen molar-refractivity contribution in [3.05, 3.63) is 29.3 Å². The van der Waals surface area contributed by atoms with Crippen molar-refractivity contribution in [1.82, 2.24) is 0 Å². The van der Waals surface area contributed by atoms with Crippen LogP contribution in [0.3, 0.4) is 0 Å². The van der Waals surface area contributed by atoms with E-state index in [2.05, 4.69) is 19.1 Å². The minimum Gasteiger partial charge on any atom is -0.493 e. The maximum Gasteiger partial charge on any atom is 0.122 e. The molecule has 114 valence electrons. The van der Waals surface area contributed by atoms with E-state index in [0.29, 0.717) is 26.4 Å². The van der Waals surface area contributed by atoms with Crippen LogP contribution in [0.5, 0.6) is 5.75 Å². The van der Waals surface area contributed by atoms with Crippen molar-refractivity contribution >= 4 is 0 Å². The number of benzene rings is 1. The van der Waals surface area contributed by atoms with Crippen molar-refractivity contribution in [2.24, 2.45) is 5.73 Å². The van der Waals surface area contributed by atoms with Gasteiger partial charge in [-0.15, -0.1) is 0 Å². The molecular formula is C16H27NO3. The standard InChI is InChI=1S/C16H27NO3/c1-13-5-6-16(15(11-13)12-14(2)17)20-8-4-7-19-10-9-18-3/h5-6,11,14H,4,7-10,12,17H2,1-3H3. The molecule has 20 heavy (non-hydrogen) atoms. The third kappa shape index (κ3) is 6.89. The number of methoxy groups -OCH3 is 1. The maximum atomic E-state index is 5.88. The van der Waals surface area contributed by atoms with Crippen LogP contribution in [0.2, 0.25) is 0 Å². The van der Waals surface area contributed by atoms with Gasteiger partial charge in [0, 0.05) is 26.2 Å². The van der Waals surface area contributed by atoms with E-state index in [-0.39, 0.29) is 6.04 Å². The third-order valence-electron chi connectivity index (χ3n) is 2.88. The molecule has 0 aliphatic carbocycles. The summed E-state index contributed by atoms with van der Waals surface area (Å²) in [4.78, 5) is 0. The molecule has 0 heterocycles. The van der Waals surface area contributed by atoms with E-state index in [1.165, 1.54) is 11.1 Å². The fraction of sp³-hybridized carbons (Fsp3) is 0.625. The van der Waals surface area contributed by atoms with Gasteiger partial charge in [0.05, 0.1) is 19.8 Å². The number of aryl methyl sites for hydroxylation is 1. The van der Waals surface area contributed by atoms with Crippen molar-refractivity contribution in [3.63, 3.8) is 0 Å². The molecule has 1 aromatic carbocycles. The van der Waals surface area contributed by atoms with Crippen molar-refractivity contribution in [3.8, 4) is 5.75 Å². The lowest BCUT2D eigenvalue weighted by Gasteiger charge is -2.14. The van der Waals surface area contributed by atoms with Gasteiger partial charge in [0.15, 0.2) is 0 Å². The molecule has 0 aromatic heterocycles. The quantitative estimate of drug-likeness (QED) is 0.669. The molecule has 0 saturated carbocycles. The molecule has 1 unspecified atom stereocenters. The Kier molecular flexibility index (Phi) is 8.26. The van der Waals surface area contributed by atoms with Gasteiger partial charge in [0.2, 0.25) is 0 Å². The average molecular weight is 281 g/mol. The van der Waals surface area contributed by atoms with Gasteiger partial charge in [0.1, 0.15) is 5.75 Å². The molecule has 4 nitrogen and oxygen atoms in total. The van der Waals surface area contributed by atoms with Gasteiger partial charge in [-0.25, -0.2) is 0 Å². The molecule has 0 fully saturated rings. The summed E-state index contributed by atoms with van der Waals surface area (Å²) in [5, 5.41) is 0. The van der Waals surface area contributed by atoms with Crippen LogP contribution in [-0.4, -0.2) is 39.6 Å². The predicted octanol–water partition coefficient (Wildman–Crippen LogP) is 2.32. The molecule has 0 amide bonds. The summed E-state index contributed by atoms with van der Waals surface area (Å²) < 4.78 is 16.1. The Morgan fingerprint density at radius 2 is 1.95 bits per heavy atom. The molecular weight excluding hydrogens is 254 g/mol.